The van der Waals surface area contributed by atoms with E-state index in [4.69, 9.17) is 19.2 Å². The summed E-state index contributed by atoms with van der Waals surface area (Å²) in [6, 6.07) is 66.0. The minimum absolute atomic E-state index is 0.0457. The summed E-state index contributed by atoms with van der Waals surface area (Å²) in [6.45, 7) is 29.9. The molecule has 0 unspecified atom stereocenters. The summed E-state index contributed by atoms with van der Waals surface area (Å²) in [5.41, 5.74) is 22.3. The summed E-state index contributed by atoms with van der Waals surface area (Å²) in [6.07, 6.45) is 0.500. The quantitative estimate of drug-likeness (QED) is 0.111. The van der Waals surface area contributed by atoms with Gasteiger partial charge in [-0.05, 0) is 168 Å². The molecule has 10 nitrogen and oxygen atoms in total. The fourth-order valence-electron chi connectivity index (χ4n) is 11.1. The van der Waals surface area contributed by atoms with E-state index in [0.717, 1.165) is 46.0 Å². The maximum Gasteiger partial charge on any atom is 0.373 e. The van der Waals surface area contributed by atoms with Crippen molar-refractivity contribution in [3.8, 4) is 22.3 Å². The van der Waals surface area contributed by atoms with Crippen molar-refractivity contribution < 1.29 is 28.8 Å². The molecule has 0 saturated heterocycles. The zero-order valence-corrected chi connectivity index (χ0v) is 52.0. The molecule has 2 aromatic heterocycles. The lowest BCUT2D eigenvalue weighted by Gasteiger charge is -2.23. The normalized spacial score (nSPS) is 11.7. The number of carbonyl (C=O) groups is 2. The van der Waals surface area contributed by atoms with E-state index in [-0.39, 0.29) is 41.6 Å². The highest BCUT2D eigenvalue weighted by Crippen LogP contribution is 2.35. The van der Waals surface area contributed by atoms with Crippen molar-refractivity contribution in [2.45, 2.75) is 132 Å². The van der Waals surface area contributed by atoms with Crippen LogP contribution in [0.25, 0.3) is 44.1 Å². The topological polar surface area (TPSA) is 136 Å². The molecule has 8 aromatic carbocycles. The average Bonchev–Trinajstić information content (AvgIpc) is 1.87. The van der Waals surface area contributed by atoms with Crippen LogP contribution < -0.4 is 10.6 Å². The van der Waals surface area contributed by atoms with Crippen molar-refractivity contribution in [2.24, 2.45) is 0 Å². The van der Waals surface area contributed by atoms with Crippen molar-refractivity contribution in [2.75, 3.05) is 0 Å². The highest BCUT2D eigenvalue weighted by atomic mass is 16.2. The van der Waals surface area contributed by atoms with Gasteiger partial charge in [0.15, 0.2) is 0 Å². The Labute approximate surface area is 507 Å². The molecule has 10 aromatic rings. The molecule has 0 spiro atoms. The predicted molar refractivity (Wildman–Crippen MR) is 346 cm³/mol. The molecule has 0 bridgehead atoms. The van der Waals surface area contributed by atoms with Crippen LogP contribution in [0.2, 0.25) is 0 Å². The molecule has 10 heteroatoms. The van der Waals surface area contributed by atoms with Crippen LogP contribution in [-0.2, 0) is 37.7 Å². The lowest BCUT2D eigenvalue weighted by Crippen LogP contribution is -2.26. The van der Waals surface area contributed by atoms with Gasteiger partial charge in [0.25, 0.3) is 11.8 Å². The highest BCUT2D eigenvalue weighted by molar-refractivity contribution is 6.00. The Hall–Kier alpha value is -9.46. The zero-order chi connectivity index (χ0) is 62.4. The van der Waals surface area contributed by atoms with Gasteiger partial charge in [-0.3, -0.25) is 9.59 Å². The molecule has 2 N–H and O–H groups in total. The number of aryl methyl sites for hydroxylation is 2. The third kappa shape index (κ3) is 15.4. The molecule has 2 amide bonds. The number of benzene rings is 8. The molecule has 0 aliphatic rings. The number of nitrogens with zero attached hydrogens (tertiary/aromatic N) is 2. The van der Waals surface area contributed by atoms with Crippen molar-refractivity contribution in [3.63, 3.8) is 0 Å². The number of carbonyl (C=O) groups excluding carboxylic acids is 6. The van der Waals surface area contributed by atoms with Crippen LogP contribution in [-0.4, -0.2) is 33.3 Å². The third-order valence-corrected chi connectivity index (χ3v) is 16.4. The number of rotatable bonds is 14. The fourth-order valence-corrected chi connectivity index (χ4v) is 11.1. The maximum atomic E-state index is 13.3. The van der Waals surface area contributed by atoms with Crippen molar-refractivity contribution in [3.05, 3.63) is 261 Å². The summed E-state index contributed by atoms with van der Waals surface area (Å²) >= 11 is 0. The molecule has 86 heavy (non-hydrogen) atoms. The first-order valence-corrected chi connectivity index (χ1v) is 29.4. The molecule has 440 valence electrons. The Bertz CT molecular complexity index is 4020. The van der Waals surface area contributed by atoms with E-state index in [1.54, 1.807) is 0 Å². The first kappa shape index (κ1) is 64.1. The Morgan fingerprint density at radius 3 is 1.21 bits per heavy atom. The molecular formula is C76H80N4O6. The van der Waals surface area contributed by atoms with E-state index >= 15 is 0 Å². The Morgan fingerprint density at radius 1 is 0.430 bits per heavy atom. The number of amides is 2. The van der Waals surface area contributed by atoms with Crippen LogP contribution >= 0.6 is 0 Å². The molecule has 2 atom stereocenters. The number of fused-ring (bicyclic) bond motifs is 2. The van der Waals surface area contributed by atoms with Crippen LogP contribution in [0.4, 0.5) is 0 Å². The predicted octanol–water partition coefficient (Wildman–Crippen LogP) is 17.3. The van der Waals surface area contributed by atoms with Crippen LogP contribution in [0.15, 0.2) is 188 Å². The second-order valence-corrected chi connectivity index (χ2v) is 23.8. The van der Waals surface area contributed by atoms with Gasteiger partial charge < -0.3 is 19.8 Å². The summed E-state index contributed by atoms with van der Waals surface area (Å²) in [4.78, 5) is 59.0. The van der Waals surface area contributed by atoms with E-state index in [1.165, 1.54) is 72.6 Å². The summed E-state index contributed by atoms with van der Waals surface area (Å²) in [7, 11) is 0. The van der Waals surface area contributed by atoms with Crippen LogP contribution in [0.1, 0.15) is 168 Å². The largest absolute Gasteiger partial charge is 0.373 e. The fraction of sp³-hybridized carbons (Fsp3) is 0.263. The lowest BCUT2D eigenvalue weighted by atomic mass is 9.82. The van der Waals surface area contributed by atoms with E-state index in [0.29, 0.717) is 23.0 Å². The van der Waals surface area contributed by atoms with Crippen LogP contribution in [0.3, 0.4) is 0 Å². The number of nitrogens with one attached hydrogen (secondary N) is 2. The SMILES string of the molecule is Cc1c(C)n(Cc2ccc(-c3ccccc3)cc2)c2ccc(C(=O)N[C@@H](C)c3cccc(C(C)C)c3)cc12.Cc1c(C)n(Cc2ccc(-c3ccccc3C(C)(C)C)cc2)c2ccc(C(=O)N[C@@H](C)c3cccc(C(C)C)c3)cc12.O=C=O.O=C=O. The van der Waals surface area contributed by atoms with Gasteiger partial charge >= 0.3 is 12.3 Å². The molecule has 0 aliphatic carbocycles. The summed E-state index contributed by atoms with van der Waals surface area (Å²) in [5.74, 6) is 0.817. The second kappa shape index (κ2) is 28.9. The van der Waals surface area contributed by atoms with Crippen molar-refractivity contribution in [1.29, 1.82) is 0 Å². The van der Waals surface area contributed by atoms with Gasteiger partial charge in [0.1, 0.15) is 0 Å². The smallest absolute Gasteiger partial charge is 0.346 e. The molecule has 0 fully saturated rings. The molecule has 0 saturated carbocycles. The minimum Gasteiger partial charge on any atom is -0.346 e. The zero-order valence-electron chi connectivity index (χ0n) is 52.0. The van der Waals surface area contributed by atoms with Gasteiger partial charge in [0.2, 0.25) is 0 Å². The van der Waals surface area contributed by atoms with Gasteiger partial charge in [0.05, 0.1) is 12.1 Å². The lowest BCUT2D eigenvalue weighted by molar-refractivity contribution is -0.193. The standard InChI is InChI=1S/C39H44N2O.C35H36N2O.2CO2/c1-25(2)31-12-11-13-32(22-31)27(4)40-38(42)33-20-21-37-35(23-33)26(3)28(5)41(37)24-29-16-18-30(19-17-29)34-14-9-10-15-36(34)39(6,7)8;1-23(2)30-12-9-13-31(20-30)25(4)36-35(38)32-18-19-34-33(21-32)24(3)26(5)37(34)22-27-14-16-29(17-15-27)28-10-7-6-8-11-28;2*2-1-3/h9-23,25,27H,24H2,1-8H3,(H,40,42);6-21,23,25H,22H2,1-5H3,(H,36,38);;/t27-;25-;;/m00../s1. The molecular weight excluding hydrogens is 1060 g/mol. The van der Waals surface area contributed by atoms with E-state index in [1.807, 2.05) is 37.3 Å². The molecule has 2 heterocycles. The molecule has 0 aliphatic heterocycles. The Balaban J connectivity index is 0.000000226. The number of aromatic nitrogens is 2. The van der Waals surface area contributed by atoms with Gasteiger partial charge in [-0.1, -0.05) is 200 Å². The number of hydrogen-bond donors (Lipinski definition) is 2. The maximum absolute atomic E-state index is 13.3. The van der Waals surface area contributed by atoms with E-state index in [2.05, 4.69) is 261 Å². The second-order valence-electron chi connectivity index (χ2n) is 23.8. The van der Waals surface area contributed by atoms with Gasteiger partial charge in [-0.15, -0.1) is 0 Å². The Kier molecular flexibility index (Phi) is 21.5. The molecule has 10 rings (SSSR count). The van der Waals surface area contributed by atoms with E-state index in [9.17, 15) is 9.59 Å². The average molecular weight is 1150 g/mol. The Morgan fingerprint density at radius 2 is 0.802 bits per heavy atom. The van der Waals surface area contributed by atoms with Gasteiger partial charge in [-0.2, -0.15) is 19.2 Å². The third-order valence-electron chi connectivity index (χ3n) is 16.4. The first-order chi connectivity index (χ1) is 41.1. The van der Waals surface area contributed by atoms with Gasteiger partial charge in [-0.25, -0.2) is 0 Å². The summed E-state index contributed by atoms with van der Waals surface area (Å²) in [5, 5.41) is 8.67. The summed E-state index contributed by atoms with van der Waals surface area (Å²) < 4.78 is 4.72. The van der Waals surface area contributed by atoms with Crippen LogP contribution in [0, 0.1) is 27.7 Å². The van der Waals surface area contributed by atoms with Gasteiger partial charge in [0, 0.05) is 57.4 Å². The van der Waals surface area contributed by atoms with Crippen molar-refractivity contribution >= 4 is 45.9 Å². The monoisotopic (exact) mass is 1140 g/mol. The van der Waals surface area contributed by atoms with E-state index < -0.39 is 0 Å². The highest BCUT2D eigenvalue weighted by Gasteiger charge is 2.21. The molecule has 0 radical (unpaired) electrons. The minimum atomic E-state index is -0.0716. The first-order valence-electron chi connectivity index (χ1n) is 29.4. The van der Waals surface area contributed by atoms with Crippen molar-refractivity contribution in [1.82, 2.24) is 19.8 Å². The number of hydrogen-bond acceptors (Lipinski definition) is 6. The van der Waals surface area contributed by atoms with Crippen LogP contribution in [0.5, 0.6) is 0 Å².